The predicted molar refractivity (Wildman–Crippen MR) is 106 cm³/mol. The van der Waals surface area contributed by atoms with E-state index in [0.29, 0.717) is 10.8 Å². The van der Waals surface area contributed by atoms with Crippen molar-refractivity contribution >= 4 is 23.4 Å². The van der Waals surface area contributed by atoms with Crippen LogP contribution in [0.3, 0.4) is 0 Å². The number of nitrogens with one attached hydrogen (secondary N) is 1. The van der Waals surface area contributed by atoms with Crippen LogP contribution in [0.5, 0.6) is 5.75 Å². The maximum absolute atomic E-state index is 12.5. The second kappa shape index (κ2) is 8.99. The first-order chi connectivity index (χ1) is 13.8. The lowest BCUT2D eigenvalue weighted by Gasteiger charge is -2.13. The lowest BCUT2D eigenvalue weighted by molar-refractivity contribution is -0.115. The number of hydrogen-bond acceptors (Lipinski definition) is 6. The Labute approximate surface area is 170 Å². The van der Waals surface area contributed by atoms with Gasteiger partial charge in [-0.2, -0.15) is 13.5 Å². The zero-order valence-corrected chi connectivity index (χ0v) is 16.8. The Morgan fingerprint density at radius 2 is 1.90 bits per heavy atom. The van der Waals surface area contributed by atoms with Gasteiger partial charge >= 0.3 is 6.61 Å². The number of alkyl halides is 2. The molecule has 1 N–H and O–H groups in total. The van der Waals surface area contributed by atoms with Crippen molar-refractivity contribution in [3.8, 4) is 11.4 Å². The first-order valence-corrected chi connectivity index (χ1v) is 9.60. The van der Waals surface area contributed by atoms with E-state index in [1.807, 2.05) is 32.0 Å². The molecule has 0 aliphatic carbocycles. The largest absolute Gasteiger partial charge is 0.435 e. The monoisotopic (exact) mass is 419 g/mol. The Morgan fingerprint density at radius 3 is 2.55 bits per heavy atom. The SMILES string of the molecule is Cc1ccc(-n2nnnc2SC(C)C(=O)Nc2ccc(OC(F)F)cc2)c(C)c1. The number of carbonyl (C=O) groups excluding carboxylic acids is 1. The van der Waals surface area contributed by atoms with Gasteiger partial charge in [0.2, 0.25) is 11.1 Å². The molecule has 152 valence electrons. The maximum Gasteiger partial charge on any atom is 0.387 e. The van der Waals surface area contributed by atoms with Crippen LogP contribution >= 0.6 is 11.8 Å². The molecule has 1 heterocycles. The van der Waals surface area contributed by atoms with Crippen molar-refractivity contribution in [3.63, 3.8) is 0 Å². The van der Waals surface area contributed by atoms with Gasteiger partial charge in [0.25, 0.3) is 0 Å². The Kier molecular flexibility index (Phi) is 6.42. The zero-order valence-electron chi connectivity index (χ0n) is 16.0. The van der Waals surface area contributed by atoms with Gasteiger partial charge in [-0.05, 0) is 67.1 Å². The Morgan fingerprint density at radius 1 is 1.17 bits per heavy atom. The molecule has 1 atom stereocenters. The molecule has 0 saturated heterocycles. The minimum absolute atomic E-state index is 0.0214. The fraction of sp³-hybridized carbons (Fsp3) is 0.263. The number of tetrazole rings is 1. The van der Waals surface area contributed by atoms with E-state index < -0.39 is 11.9 Å². The predicted octanol–water partition coefficient (Wildman–Crippen LogP) is 4.00. The lowest BCUT2D eigenvalue weighted by atomic mass is 10.1. The average Bonchev–Trinajstić information content (AvgIpc) is 3.10. The van der Waals surface area contributed by atoms with Crippen molar-refractivity contribution in [1.29, 1.82) is 0 Å². The summed E-state index contributed by atoms with van der Waals surface area (Å²) in [6.07, 6.45) is 0. The molecule has 1 amide bonds. The molecule has 0 radical (unpaired) electrons. The van der Waals surface area contributed by atoms with E-state index in [0.717, 1.165) is 16.8 Å². The van der Waals surface area contributed by atoms with Crippen molar-refractivity contribution < 1.29 is 18.3 Å². The second-order valence-electron chi connectivity index (χ2n) is 6.32. The van der Waals surface area contributed by atoms with E-state index in [1.54, 1.807) is 11.6 Å². The quantitative estimate of drug-likeness (QED) is 0.583. The van der Waals surface area contributed by atoms with E-state index in [-0.39, 0.29) is 11.7 Å². The van der Waals surface area contributed by atoms with Gasteiger partial charge in [0.15, 0.2) is 0 Å². The molecule has 3 aromatic rings. The Balaban J connectivity index is 1.67. The van der Waals surface area contributed by atoms with Crippen LogP contribution in [0.25, 0.3) is 5.69 Å². The van der Waals surface area contributed by atoms with E-state index in [4.69, 9.17) is 0 Å². The molecular formula is C19H19F2N5O2S. The number of benzene rings is 2. The summed E-state index contributed by atoms with van der Waals surface area (Å²) in [4.78, 5) is 12.5. The number of anilines is 1. The minimum Gasteiger partial charge on any atom is -0.435 e. The summed E-state index contributed by atoms with van der Waals surface area (Å²) in [6, 6.07) is 11.6. The Bertz CT molecular complexity index is 995. The van der Waals surface area contributed by atoms with Crippen molar-refractivity contribution in [2.75, 3.05) is 5.32 Å². The lowest BCUT2D eigenvalue weighted by Crippen LogP contribution is -2.23. The summed E-state index contributed by atoms with van der Waals surface area (Å²) < 4.78 is 30.3. The molecule has 0 bridgehead atoms. The van der Waals surface area contributed by atoms with Crippen LogP contribution in [-0.4, -0.2) is 38.0 Å². The van der Waals surface area contributed by atoms with E-state index >= 15 is 0 Å². The van der Waals surface area contributed by atoms with Crippen LogP contribution < -0.4 is 10.1 Å². The second-order valence-corrected chi connectivity index (χ2v) is 7.62. The third-order valence-electron chi connectivity index (χ3n) is 4.02. The molecule has 0 aliphatic rings. The smallest absolute Gasteiger partial charge is 0.387 e. The van der Waals surface area contributed by atoms with Gasteiger partial charge in [-0.3, -0.25) is 4.79 Å². The summed E-state index contributed by atoms with van der Waals surface area (Å²) in [7, 11) is 0. The van der Waals surface area contributed by atoms with Crippen LogP contribution in [0.15, 0.2) is 47.6 Å². The number of hydrogen-bond donors (Lipinski definition) is 1. The number of halogens is 2. The van der Waals surface area contributed by atoms with Gasteiger partial charge in [0.1, 0.15) is 5.75 Å². The first-order valence-electron chi connectivity index (χ1n) is 8.72. The number of ether oxygens (including phenoxy) is 1. The molecule has 0 aliphatic heterocycles. The number of nitrogens with zero attached hydrogens (tertiary/aromatic N) is 4. The number of aromatic nitrogens is 4. The molecule has 10 heteroatoms. The number of carbonyl (C=O) groups is 1. The topological polar surface area (TPSA) is 81.9 Å². The fourth-order valence-corrected chi connectivity index (χ4v) is 3.42. The third kappa shape index (κ3) is 5.29. The summed E-state index contributed by atoms with van der Waals surface area (Å²) in [5.41, 5.74) is 3.46. The highest BCUT2D eigenvalue weighted by Gasteiger charge is 2.20. The van der Waals surface area contributed by atoms with Gasteiger partial charge < -0.3 is 10.1 Å². The summed E-state index contributed by atoms with van der Waals surface area (Å²) >= 11 is 1.21. The maximum atomic E-state index is 12.5. The highest BCUT2D eigenvalue weighted by Crippen LogP contribution is 2.26. The molecule has 0 fully saturated rings. The van der Waals surface area contributed by atoms with Gasteiger partial charge in [0.05, 0.1) is 10.9 Å². The number of thioether (sulfide) groups is 1. The summed E-state index contributed by atoms with van der Waals surface area (Å²) in [5, 5.41) is 14.5. The normalized spacial score (nSPS) is 12.1. The Hall–Kier alpha value is -3.01. The molecular weight excluding hydrogens is 400 g/mol. The molecule has 29 heavy (non-hydrogen) atoms. The van der Waals surface area contributed by atoms with Crippen LogP contribution in [0.1, 0.15) is 18.1 Å². The van der Waals surface area contributed by atoms with Crippen molar-refractivity contribution in [3.05, 3.63) is 53.6 Å². The molecule has 0 spiro atoms. The molecule has 1 unspecified atom stereocenters. The highest BCUT2D eigenvalue weighted by atomic mass is 32.2. The van der Waals surface area contributed by atoms with E-state index in [9.17, 15) is 13.6 Å². The molecule has 0 saturated carbocycles. The van der Waals surface area contributed by atoms with Gasteiger partial charge in [0, 0.05) is 5.69 Å². The number of aryl methyl sites for hydroxylation is 2. The molecule has 1 aromatic heterocycles. The summed E-state index contributed by atoms with van der Waals surface area (Å²) in [5.74, 6) is -0.249. The van der Waals surface area contributed by atoms with Crippen molar-refractivity contribution in [2.45, 2.75) is 37.8 Å². The van der Waals surface area contributed by atoms with Gasteiger partial charge in [-0.1, -0.05) is 29.5 Å². The fourth-order valence-electron chi connectivity index (χ4n) is 2.62. The van der Waals surface area contributed by atoms with E-state index in [1.165, 1.54) is 36.0 Å². The van der Waals surface area contributed by atoms with Crippen molar-refractivity contribution in [2.24, 2.45) is 0 Å². The molecule has 3 rings (SSSR count). The number of amides is 1. The van der Waals surface area contributed by atoms with Crippen LogP contribution in [-0.2, 0) is 4.79 Å². The van der Waals surface area contributed by atoms with Crippen LogP contribution in [0, 0.1) is 13.8 Å². The highest BCUT2D eigenvalue weighted by molar-refractivity contribution is 8.00. The zero-order chi connectivity index (χ0) is 21.0. The standard InChI is InChI=1S/C19H19F2N5O2S/c1-11-4-9-16(12(2)10-11)26-19(23-24-25-26)29-13(3)17(27)22-14-5-7-15(8-6-14)28-18(20)21/h4-10,13,18H,1-3H3,(H,22,27). The van der Waals surface area contributed by atoms with Crippen molar-refractivity contribution in [1.82, 2.24) is 20.2 Å². The van der Waals surface area contributed by atoms with Crippen LogP contribution in [0.2, 0.25) is 0 Å². The molecule has 2 aromatic carbocycles. The first kappa shape index (κ1) is 20.7. The van der Waals surface area contributed by atoms with Crippen LogP contribution in [0.4, 0.5) is 14.5 Å². The summed E-state index contributed by atoms with van der Waals surface area (Å²) in [6.45, 7) is 2.81. The molecule has 7 nitrogen and oxygen atoms in total. The third-order valence-corrected chi connectivity index (χ3v) is 5.05. The van der Waals surface area contributed by atoms with E-state index in [2.05, 4.69) is 25.6 Å². The van der Waals surface area contributed by atoms with Gasteiger partial charge in [-0.25, -0.2) is 0 Å². The number of rotatable bonds is 7. The average molecular weight is 419 g/mol. The minimum atomic E-state index is -2.89. The van der Waals surface area contributed by atoms with Gasteiger partial charge in [-0.15, -0.1) is 5.10 Å².